The number of rotatable bonds is 11. The summed E-state index contributed by atoms with van der Waals surface area (Å²) in [6.07, 6.45) is 5.60. The molecule has 8 heteroatoms. The normalized spacial score (nSPS) is 17.9. The number of benzene rings is 1. The van der Waals surface area contributed by atoms with Crippen molar-refractivity contribution in [3.05, 3.63) is 41.2 Å². The van der Waals surface area contributed by atoms with Crippen LogP contribution < -0.4 is 16.0 Å². The minimum atomic E-state index is -3.25. The van der Waals surface area contributed by atoms with Crippen molar-refractivity contribution in [1.29, 1.82) is 0 Å². The van der Waals surface area contributed by atoms with E-state index in [9.17, 15) is 19.0 Å². The van der Waals surface area contributed by atoms with Crippen LogP contribution in [-0.4, -0.2) is 42.5 Å². The molecule has 4 N–H and O–H groups in total. The van der Waals surface area contributed by atoms with E-state index in [1.165, 1.54) is 0 Å². The van der Waals surface area contributed by atoms with Gasteiger partial charge in [-0.05, 0) is 37.8 Å². The van der Waals surface area contributed by atoms with E-state index in [-0.39, 0.29) is 17.9 Å². The van der Waals surface area contributed by atoms with E-state index in [4.69, 9.17) is 0 Å². The Hall–Kier alpha value is -2.11. The van der Waals surface area contributed by atoms with Crippen molar-refractivity contribution >= 4 is 24.9 Å². The molecule has 0 aromatic heterocycles. The van der Waals surface area contributed by atoms with Gasteiger partial charge in [-0.1, -0.05) is 31.6 Å². The van der Waals surface area contributed by atoms with Gasteiger partial charge in [0.05, 0.1) is 5.56 Å². The largest absolute Gasteiger partial charge is 0.387 e. The molecule has 0 fully saturated rings. The molecule has 1 aromatic carbocycles. The van der Waals surface area contributed by atoms with Gasteiger partial charge in [0.15, 0.2) is 0 Å². The molecule has 0 aliphatic heterocycles. The Balaban J connectivity index is 1.68. The van der Waals surface area contributed by atoms with Crippen LogP contribution in [0, 0.1) is 0 Å². The summed E-state index contributed by atoms with van der Waals surface area (Å²) in [7, 11) is -1.49. The topological polar surface area (TPSA) is 108 Å². The molecule has 160 valence electrons. The minimum Gasteiger partial charge on any atom is -0.387 e. The summed E-state index contributed by atoms with van der Waals surface area (Å²) in [4.78, 5) is 34.6. The van der Waals surface area contributed by atoms with E-state index >= 15 is 0 Å². The molecule has 2 atom stereocenters. The van der Waals surface area contributed by atoms with Gasteiger partial charge in [-0.3, -0.25) is 14.2 Å². The van der Waals surface area contributed by atoms with Gasteiger partial charge in [0, 0.05) is 43.2 Å². The van der Waals surface area contributed by atoms with Crippen LogP contribution in [0.3, 0.4) is 0 Å². The minimum absolute atomic E-state index is 0.101. The summed E-state index contributed by atoms with van der Waals surface area (Å²) >= 11 is 0. The van der Waals surface area contributed by atoms with E-state index < -0.39 is 7.37 Å². The summed E-state index contributed by atoms with van der Waals surface area (Å²) in [5, 5.41) is 9.33. The fourth-order valence-corrected chi connectivity index (χ4v) is 5.28. The number of hydrogen-bond donors (Lipinski definition) is 4. The summed E-state index contributed by atoms with van der Waals surface area (Å²) in [6.45, 7) is 2.40. The van der Waals surface area contributed by atoms with E-state index in [1.807, 2.05) is 19.1 Å². The Bertz CT molecular complexity index is 794. The first-order valence-electron chi connectivity index (χ1n) is 10.2. The standard InChI is InChI=1S/C21H32N3O4P/c1-3-4-14-29(27,28)17-12-11-16(15-17)24-20(25)10-7-13-23-21(26)18-8-5-6-9-19(18)22-2/h5-6,8-9,12,16,22H,3-4,7,10-11,13-15H2,1-2H3,(H,23,26)(H,24,25)(H,27,28)/t16-/m0/s1. The number of anilines is 1. The number of amides is 2. The van der Waals surface area contributed by atoms with Crippen LogP contribution in [-0.2, 0) is 9.36 Å². The fraction of sp³-hybridized carbons (Fsp3) is 0.524. The van der Waals surface area contributed by atoms with Crippen molar-refractivity contribution in [3.63, 3.8) is 0 Å². The molecule has 0 bridgehead atoms. The Morgan fingerprint density at radius 1 is 1.24 bits per heavy atom. The van der Waals surface area contributed by atoms with Crippen molar-refractivity contribution in [2.24, 2.45) is 0 Å². The molecule has 2 rings (SSSR count). The lowest BCUT2D eigenvalue weighted by Crippen LogP contribution is -2.34. The van der Waals surface area contributed by atoms with Gasteiger partial charge < -0.3 is 20.8 Å². The number of carbonyl (C=O) groups is 2. The Labute approximate surface area is 172 Å². The summed E-state index contributed by atoms with van der Waals surface area (Å²) < 4.78 is 12.4. The molecule has 29 heavy (non-hydrogen) atoms. The number of unbranched alkanes of at least 4 members (excludes halogenated alkanes) is 1. The molecule has 7 nitrogen and oxygen atoms in total. The van der Waals surface area contributed by atoms with E-state index in [0.717, 1.165) is 18.5 Å². The van der Waals surface area contributed by atoms with Gasteiger partial charge in [-0.15, -0.1) is 0 Å². The summed E-state index contributed by atoms with van der Waals surface area (Å²) in [6, 6.07) is 7.13. The monoisotopic (exact) mass is 421 g/mol. The lowest BCUT2D eigenvalue weighted by Gasteiger charge is -2.16. The van der Waals surface area contributed by atoms with Crippen LogP contribution in [0.1, 0.15) is 55.8 Å². The highest BCUT2D eigenvalue weighted by atomic mass is 31.2. The number of carbonyl (C=O) groups excluding carboxylic acids is 2. The average molecular weight is 421 g/mol. The van der Waals surface area contributed by atoms with Crippen molar-refractivity contribution < 1.29 is 19.0 Å². The van der Waals surface area contributed by atoms with Gasteiger partial charge >= 0.3 is 0 Å². The fourth-order valence-electron chi connectivity index (χ4n) is 3.35. The first kappa shape index (κ1) is 23.2. The molecule has 0 saturated carbocycles. The van der Waals surface area contributed by atoms with Crippen molar-refractivity contribution in [2.75, 3.05) is 25.1 Å². The maximum absolute atomic E-state index is 12.4. The van der Waals surface area contributed by atoms with Crippen LogP contribution in [0.4, 0.5) is 5.69 Å². The third kappa shape index (κ3) is 7.02. The third-order valence-electron chi connectivity index (χ3n) is 5.03. The molecular formula is C21H32N3O4P. The molecule has 2 amide bonds. The molecule has 1 aliphatic rings. The lowest BCUT2D eigenvalue weighted by molar-refractivity contribution is -0.121. The van der Waals surface area contributed by atoms with Crippen LogP contribution >= 0.6 is 7.37 Å². The zero-order valence-corrected chi connectivity index (χ0v) is 18.1. The second kappa shape index (κ2) is 11.2. The van der Waals surface area contributed by atoms with E-state index in [1.54, 1.807) is 25.3 Å². The molecule has 0 spiro atoms. The highest BCUT2D eigenvalue weighted by Gasteiger charge is 2.30. The molecule has 0 radical (unpaired) electrons. The zero-order chi connectivity index (χ0) is 21.3. The van der Waals surface area contributed by atoms with Crippen LogP contribution in [0.25, 0.3) is 0 Å². The number of para-hydroxylation sites is 1. The smallest absolute Gasteiger partial charge is 0.253 e. The first-order valence-corrected chi connectivity index (χ1v) is 12.1. The van der Waals surface area contributed by atoms with Crippen molar-refractivity contribution in [2.45, 2.75) is 51.5 Å². The predicted octanol–water partition coefficient (Wildman–Crippen LogP) is 3.47. The number of hydrogen-bond acceptors (Lipinski definition) is 4. The van der Waals surface area contributed by atoms with Gasteiger partial charge in [0.25, 0.3) is 5.91 Å². The van der Waals surface area contributed by atoms with Gasteiger partial charge in [-0.25, -0.2) is 0 Å². The number of nitrogens with one attached hydrogen (secondary N) is 3. The summed E-state index contributed by atoms with van der Waals surface area (Å²) in [5.74, 6) is -0.276. The predicted molar refractivity (Wildman–Crippen MR) is 116 cm³/mol. The molecule has 1 aromatic rings. The molecule has 1 unspecified atom stereocenters. The second-order valence-corrected chi connectivity index (χ2v) is 9.76. The SMILES string of the molecule is CCCCP(=O)(O)C1=CC[C@H](NC(=O)CCCNC(=O)c2ccccc2NC)C1. The van der Waals surface area contributed by atoms with E-state index in [2.05, 4.69) is 16.0 Å². The average Bonchev–Trinajstić information content (AvgIpc) is 3.19. The molecule has 0 saturated heterocycles. The summed E-state index contributed by atoms with van der Waals surface area (Å²) in [5.41, 5.74) is 1.33. The Morgan fingerprint density at radius 2 is 2.00 bits per heavy atom. The van der Waals surface area contributed by atoms with Crippen LogP contribution in [0.15, 0.2) is 35.7 Å². The Morgan fingerprint density at radius 3 is 2.72 bits per heavy atom. The maximum Gasteiger partial charge on any atom is 0.253 e. The van der Waals surface area contributed by atoms with Gasteiger partial charge in [-0.2, -0.15) is 0 Å². The van der Waals surface area contributed by atoms with Gasteiger partial charge in [0.1, 0.15) is 0 Å². The van der Waals surface area contributed by atoms with Crippen molar-refractivity contribution in [3.8, 4) is 0 Å². The quantitative estimate of drug-likeness (QED) is 0.323. The van der Waals surface area contributed by atoms with Crippen LogP contribution in [0.2, 0.25) is 0 Å². The van der Waals surface area contributed by atoms with E-state index in [0.29, 0.717) is 49.3 Å². The van der Waals surface area contributed by atoms with Gasteiger partial charge in [0.2, 0.25) is 13.3 Å². The maximum atomic E-state index is 12.4. The highest BCUT2D eigenvalue weighted by Crippen LogP contribution is 2.54. The zero-order valence-electron chi connectivity index (χ0n) is 17.2. The van der Waals surface area contributed by atoms with Crippen LogP contribution in [0.5, 0.6) is 0 Å². The van der Waals surface area contributed by atoms with Crippen molar-refractivity contribution in [1.82, 2.24) is 10.6 Å². The third-order valence-corrected chi connectivity index (χ3v) is 7.21. The lowest BCUT2D eigenvalue weighted by atomic mass is 10.1. The highest BCUT2D eigenvalue weighted by molar-refractivity contribution is 7.62. The Kier molecular flexibility index (Phi) is 8.93. The molecule has 1 aliphatic carbocycles. The second-order valence-electron chi connectivity index (χ2n) is 7.33. The first-order chi connectivity index (χ1) is 13.9. The molecule has 0 heterocycles. The molecular weight excluding hydrogens is 389 g/mol.